The van der Waals surface area contributed by atoms with Gasteiger partial charge in [0, 0.05) is 65.5 Å². The van der Waals surface area contributed by atoms with Crippen LogP contribution >= 0.6 is 68.0 Å². The first kappa shape index (κ1) is 58.6. The van der Waals surface area contributed by atoms with E-state index < -0.39 is 41.7 Å². The van der Waals surface area contributed by atoms with Crippen molar-refractivity contribution in [3.05, 3.63) is 118 Å². The van der Waals surface area contributed by atoms with E-state index in [4.69, 9.17) is 44.4 Å². The van der Waals surface area contributed by atoms with Crippen molar-refractivity contribution in [2.45, 2.75) is 90.7 Å². The Bertz CT molecular complexity index is 3630. The molecule has 8 heterocycles. The molecule has 7 aromatic heterocycles. The molecule has 26 heteroatoms. The van der Waals surface area contributed by atoms with E-state index in [1.807, 2.05) is 36.7 Å². The van der Waals surface area contributed by atoms with Gasteiger partial charge in [0.1, 0.15) is 82.8 Å². The van der Waals surface area contributed by atoms with Crippen LogP contribution in [-0.4, -0.2) is 103 Å². The molecular formula is C55H58N12O8S6. The number of methoxy groups -OCH3 is 1. The van der Waals surface area contributed by atoms with Gasteiger partial charge < -0.3 is 35.8 Å². The van der Waals surface area contributed by atoms with E-state index in [0.717, 1.165) is 4.88 Å². The monoisotopic (exact) mass is 1210 g/mol. The van der Waals surface area contributed by atoms with Gasteiger partial charge in [-0.15, -0.1) is 68.0 Å². The number of carbonyl (C=O) groups is 5. The number of aliphatic hydroxyl groups excluding tert-OH is 1. The van der Waals surface area contributed by atoms with Gasteiger partial charge in [-0.1, -0.05) is 50.8 Å². The number of hydrogen-bond donors (Lipinski definition) is 5. The Labute approximate surface area is 491 Å². The van der Waals surface area contributed by atoms with Crippen LogP contribution in [0, 0.1) is 12.8 Å². The molecule has 1 aromatic carbocycles. The lowest BCUT2D eigenvalue weighted by molar-refractivity contribution is -0.122. The number of aryl methyl sites for hydroxylation is 1. The molecule has 0 radical (unpaired) electrons. The largest absolute Gasteiger partial charge is 0.443 e. The summed E-state index contributed by atoms with van der Waals surface area (Å²) in [5.41, 5.74) is 3.33. The van der Waals surface area contributed by atoms with Crippen LogP contribution in [0.2, 0.25) is 0 Å². The molecule has 20 nitrogen and oxygen atoms in total. The molecule has 0 unspecified atom stereocenters. The SMILES string of the molecule is C=C1NCC(=O)N[C@@H]([C@@H](O)c2ccccc2)c2nc(cs2)-c2nc(cs2)-c2nc(-c3nc(N(C)C(=O)OC(C)(C)C)cs3)ccc2-c2nc(cs2)C(=O)N[C@@H](CC(=O)NC)c2nc(c(C)s2)C(=O)C[C@H](C(C)C)c2nc1c(COC)s2. The minimum atomic E-state index is -1.20. The number of ether oxygens (including phenoxy) is 2. The number of nitrogens with one attached hydrogen (secondary N) is 4. The lowest BCUT2D eigenvalue weighted by Crippen LogP contribution is -2.38. The molecule has 0 spiro atoms. The maximum atomic E-state index is 14.4. The minimum Gasteiger partial charge on any atom is -0.443 e. The number of Topliss-reactive ketones (excluding diaryl/α,β-unsaturated/α-hetero) is 1. The molecule has 4 atom stereocenters. The Hall–Kier alpha value is -7.04. The Morgan fingerprint density at radius 1 is 0.802 bits per heavy atom. The van der Waals surface area contributed by atoms with Crippen molar-refractivity contribution < 1.29 is 38.6 Å². The predicted octanol–water partition coefficient (Wildman–Crippen LogP) is 10.4. The number of thiazole rings is 6. The zero-order valence-electron chi connectivity index (χ0n) is 45.6. The Morgan fingerprint density at radius 2 is 1.49 bits per heavy atom. The summed E-state index contributed by atoms with van der Waals surface area (Å²) in [5.74, 6) is -1.66. The average Bonchev–Trinajstić information content (AvgIpc) is 4.43. The number of pyridine rings is 1. The van der Waals surface area contributed by atoms with Crippen LogP contribution in [0.25, 0.3) is 49.1 Å². The Balaban J connectivity index is 1.13. The number of anilines is 1. The summed E-state index contributed by atoms with van der Waals surface area (Å²) in [6.07, 6.45) is -1.88. The maximum absolute atomic E-state index is 14.4. The molecule has 422 valence electrons. The molecule has 4 amide bonds. The summed E-state index contributed by atoms with van der Waals surface area (Å²) in [4.78, 5) is 106. The summed E-state index contributed by atoms with van der Waals surface area (Å²) < 4.78 is 11.2. The van der Waals surface area contributed by atoms with Crippen LogP contribution in [-0.2, 0) is 25.7 Å². The van der Waals surface area contributed by atoms with Gasteiger partial charge in [-0.2, -0.15) is 0 Å². The van der Waals surface area contributed by atoms with E-state index in [1.54, 1.807) is 82.9 Å². The smallest absolute Gasteiger partial charge is 0.415 e. The highest BCUT2D eigenvalue weighted by Gasteiger charge is 2.33. The summed E-state index contributed by atoms with van der Waals surface area (Å²) in [7, 11) is 4.65. The normalized spacial score (nSPS) is 16.8. The molecule has 81 heavy (non-hydrogen) atoms. The Morgan fingerprint density at radius 3 is 2.22 bits per heavy atom. The molecule has 1 aliphatic heterocycles. The van der Waals surface area contributed by atoms with Crippen molar-refractivity contribution in [1.82, 2.24) is 56.2 Å². The summed E-state index contributed by atoms with van der Waals surface area (Å²) >= 11 is 7.67. The van der Waals surface area contributed by atoms with Crippen LogP contribution in [0.5, 0.6) is 0 Å². The molecular weight excluding hydrogens is 1150 g/mol. The van der Waals surface area contributed by atoms with Gasteiger partial charge in [0.05, 0.1) is 46.9 Å². The van der Waals surface area contributed by atoms with Gasteiger partial charge in [0.2, 0.25) is 11.8 Å². The van der Waals surface area contributed by atoms with Crippen LogP contribution in [0.3, 0.4) is 0 Å². The topological polar surface area (TPSA) is 266 Å². The van der Waals surface area contributed by atoms with Crippen LogP contribution in [0.15, 0.2) is 70.6 Å². The lowest BCUT2D eigenvalue weighted by atomic mass is 9.90. The van der Waals surface area contributed by atoms with Gasteiger partial charge in [-0.3, -0.25) is 24.1 Å². The first-order chi connectivity index (χ1) is 38.7. The molecule has 1 aliphatic rings. The van der Waals surface area contributed by atoms with E-state index in [1.165, 1.54) is 80.0 Å². The van der Waals surface area contributed by atoms with Crippen molar-refractivity contribution in [3.63, 3.8) is 0 Å². The number of aliphatic hydroxyl groups is 1. The fourth-order valence-corrected chi connectivity index (χ4v) is 14.2. The summed E-state index contributed by atoms with van der Waals surface area (Å²) in [6.45, 7) is 15.4. The highest BCUT2D eigenvalue weighted by molar-refractivity contribution is 7.15. The summed E-state index contributed by atoms with van der Waals surface area (Å²) in [5, 5.41) is 33.6. The number of aromatic nitrogens is 7. The maximum Gasteiger partial charge on any atom is 0.415 e. The van der Waals surface area contributed by atoms with E-state index in [0.29, 0.717) is 86.0 Å². The van der Waals surface area contributed by atoms with Crippen LogP contribution in [0.1, 0.15) is 129 Å². The van der Waals surface area contributed by atoms with Crippen molar-refractivity contribution >= 4 is 109 Å². The minimum absolute atomic E-state index is 0.0471. The molecule has 0 aliphatic carbocycles. The standard InChI is InChI=1S/C55H58N12O8S6/c1-26(2)31-18-37(68)43-28(4)80-52(66-43)33(19-40(69)56-8)59-47(72)35-23-76-48(61-35)30-16-17-32(50-63-39(25-79-50)67(9)54(73)75-55(5,6)7)58-44(30)34-22-77-51(60-34)36-24-78-53(62-36)45(46(71)29-14-12-11-13-15-29)64-41(70)20-57-27(3)42-38(21-74-10)81-49(31)65-42/h11-17,22-26,31,33,45-46,57,71H,3,18-21H2,1-2,4-10H3,(H,56,69)(H,59,72)(H,64,70)/t31-,33+,45+,46+/m1/s1. The third-order valence-corrected chi connectivity index (χ3v) is 18.5. The highest BCUT2D eigenvalue weighted by atomic mass is 32.1. The second-order valence-corrected chi connectivity index (χ2v) is 25.9. The first-order valence-corrected chi connectivity index (χ1v) is 30.6. The Kier molecular flexibility index (Phi) is 18.1. The number of fused-ring (bicyclic) bond motifs is 14. The van der Waals surface area contributed by atoms with Crippen molar-refractivity contribution in [1.29, 1.82) is 0 Å². The van der Waals surface area contributed by atoms with E-state index in [9.17, 15) is 29.1 Å². The van der Waals surface area contributed by atoms with Crippen molar-refractivity contribution in [3.8, 4) is 43.4 Å². The summed E-state index contributed by atoms with van der Waals surface area (Å²) in [6, 6.07) is 10.7. The van der Waals surface area contributed by atoms with Gasteiger partial charge in [0.15, 0.2) is 5.78 Å². The fraction of sp³-hybridized carbons (Fsp3) is 0.345. The predicted molar refractivity (Wildman–Crippen MR) is 318 cm³/mol. The second-order valence-electron chi connectivity index (χ2n) is 20.1. The number of ketones is 1. The number of hydrogen-bond acceptors (Lipinski definition) is 22. The number of rotatable bonds is 9. The van der Waals surface area contributed by atoms with Crippen LogP contribution < -0.4 is 26.2 Å². The average molecular weight is 1210 g/mol. The number of nitrogens with zero attached hydrogens (tertiary/aromatic N) is 8. The van der Waals surface area contributed by atoms with E-state index in [-0.39, 0.29) is 60.9 Å². The van der Waals surface area contributed by atoms with Gasteiger partial charge in [-0.25, -0.2) is 39.7 Å². The lowest BCUT2D eigenvalue weighted by Gasteiger charge is -2.23. The number of amides is 4. The second kappa shape index (κ2) is 25.0. The third kappa shape index (κ3) is 13.5. The quantitative estimate of drug-likeness (QED) is 0.0899. The zero-order chi connectivity index (χ0) is 57.9. The van der Waals surface area contributed by atoms with Crippen LogP contribution in [0.4, 0.5) is 10.6 Å². The van der Waals surface area contributed by atoms with Crippen molar-refractivity contribution in [2.75, 3.05) is 32.6 Å². The first-order valence-electron chi connectivity index (χ1n) is 25.5. The van der Waals surface area contributed by atoms with Gasteiger partial charge in [-0.05, 0) is 51.3 Å². The molecule has 0 saturated carbocycles. The van der Waals surface area contributed by atoms with Crippen molar-refractivity contribution in [2.24, 2.45) is 5.92 Å². The molecule has 0 saturated heterocycles. The fourth-order valence-electron chi connectivity index (χ4n) is 8.49. The molecule has 8 aromatic rings. The van der Waals surface area contributed by atoms with Gasteiger partial charge >= 0.3 is 6.09 Å². The zero-order valence-corrected chi connectivity index (χ0v) is 50.5. The molecule has 5 N–H and O–H groups in total. The number of benzene rings is 1. The molecule has 10 bridgehead atoms. The van der Waals surface area contributed by atoms with Gasteiger partial charge in [0.25, 0.3) is 5.91 Å². The van der Waals surface area contributed by atoms with E-state index >= 15 is 0 Å². The third-order valence-electron chi connectivity index (χ3n) is 12.7. The molecule has 9 rings (SSSR count). The van der Waals surface area contributed by atoms with E-state index in [2.05, 4.69) is 27.8 Å². The highest BCUT2D eigenvalue weighted by Crippen LogP contribution is 2.41. The number of carbonyl (C=O) groups excluding carboxylic acids is 5. The molecule has 0 fully saturated rings.